The molecule has 0 saturated carbocycles. The molecule has 40 heavy (non-hydrogen) atoms. The number of aliphatic hydroxyl groups is 1. The fraction of sp³-hybridized carbons (Fsp3) is 0.276. The highest BCUT2D eigenvalue weighted by Crippen LogP contribution is 2.43. The predicted molar refractivity (Wildman–Crippen MR) is 151 cm³/mol. The van der Waals surface area contributed by atoms with Crippen molar-refractivity contribution in [3.63, 3.8) is 0 Å². The number of hydrogen-bond acceptors (Lipinski definition) is 7. The Bertz CT molecular complexity index is 1360. The van der Waals surface area contributed by atoms with Gasteiger partial charge in [-0.25, -0.2) is 9.79 Å². The summed E-state index contributed by atoms with van der Waals surface area (Å²) in [6, 6.07) is 22.4. The Labute approximate surface area is 232 Å². The molecule has 0 aliphatic carbocycles. The molecule has 5 N–H and O–H groups in total. The number of amides is 2. The summed E-state index contributed by atoms with van der Waals surface area (Å²) in [7, 11) is 2.91. The molecule has 0 unspecified atom stereocenters. The Kier molecular flexibility index (Phi) is 9.19. The highest BCUT2D eigenvalue weighted by atomic mass is 16.7. The van der Waals surface area contributed by atoms with Gasteiger partial charge in [0.05, 0.1) is 12.6 Å². The topological polar surface area (TPSA) is 149 Å². The first-order valence-electron chi connectivity index (χ1n) is 12.6. The third-order valence-electron chi connectivity index (χ3n) is 6.49. The molecule has 2 amide bonds. The number of aliphatic hydroxyl groups excluding tert-OH is 1. The first-order valence-corrected chi connectivity index (χ1v) is 12.6. The molecule has 1 aliphatic heterocycles. The van der Waals surface area contributed by atoms with Crippen molar-refractivity contribution in [3.8, 4) is 11.9 Å². The lowest BCUT2D eigenvalue weighted by molar-refractivity contribution is -0.238. The minimum atomic E-state index is -1.34. The van der Waals surface area contributed by atoms with Crippen molar-refractivity contribution >= 4 is 23.4 Å². The zero-order chi connectivity index (χ0) is 28.5. The van der Waals surface area contributed by atoms with E-state index in [1.54, 1.807) is 37.3 Å². The Balaban J connectivity index is 1.66. The van der Waals surface area contributed by atoms with E-state index < -0.39 is 30.1 Å². The van der Waals surface area contributed by atoms with Crippen LogP contribution in [0.3, 0.4) is 0 Å². The number of fused-ring (bicyclic) bond motifs is 1. The molecule has 11 nitrogen and oxygen atoms in total. The standard InChI is InChI=1S/C29H32N6O5/c1-29(26(38-2)39-3)25(36)24(35-27(32-18-30)31-17-19-10-6-4-7-11-19)22-16-21(14-15-23(22)40-29)34-28(37)33-20-12-8-5-9-13-20/h4-16,24-26,36H,17H2,1-3H3,(H2,31,32,35)(H2,33,34,37)/t24-,25+,29+/m1/s1. The van der Waals surface area contributed by atoms with Crippen LogP contribution in [-0.2, 0) is 16.0 Å². The highest BCUT2D eigenvalue weighted by Gasteiger charge is 2.52. The van der Waals surface area contributed by atoms with Crippen molar-refractivity contribution in [2.45, 2.75) is 37.5 Å². The van der Waals surface area contributed by atoms with Crippen molar-refractivity contribution in [1.29, 1.82) is 5.26 Å². The number of guanidine groups is 1. The van der Waals surface area contributed by atoms with Crippen LogP contribution < -0.4 is 26.0 Å². The fourth-order valence-electron chi connectivity index (χ4n) is 4.56. The van der Waals surface area contributed by atoms with Crippen LogP contribution in [0.4, 0.5) is 16.2 Å². The van der Waals surface area contributed by atoms with E-state index in [0.29, 0.717) is 29.2 Å². The smallest absolute Gasteiger partial charge is 0.323 e. The molecule has 4 rings (SSSR count). The summed E-state index contributed by atoms with van der Waals surface area (Å²) in [5, 5.41) is 32.3. The van der Waals surface area contributed by atoms with Gasteiger partial charge in [-0.1, -0.05) is 48.5 Å². The minimum absolute atomic E-state index is 0.150. The first kappa shape index (κ1) is 28.4. The third-order valence-corrected chi connectivity index (χ3v) is 6.49. The van der Waals surface area contributed by atoms with Gasteiger partial charge in [-0.05, 0) is 42.8 Å². The molecule has 0 radical (unpaired) electrons. The second-order valence-corrected chi connectivity index (χ2v) is 9.24. The van der Waals surface area contributed by atoms with E-state index in [-0.39, 0.29) is 5.96 Å². The molecule has 0 saturated heterocycles. The molecule has 1 heterocycles. The van der Waals surface area contributed by atoms with Gasteiger partial charge < -0.3 is 35.3 Å². The molecule has 208 valence electrons. The number of carbonyl (C=O) groups is 1. The summed E-state index contributed by atoms with van der Waals surface area (Å²) in [5.41, 5.74) is 1.23. The summed E-state index contributed by atoms with van der Waals surface area (Å²) in [6.07, 6.45) is -0.275. The normalized spacial score (nSPS) is 20.1. The number of nitriles is 1. The van der Waals surface area contributed by atoms with Gasteiger partial charge in [0.2, 0.25) is 5.96 Å². The van der Waals surface area contributed by atoms with Crippen LogP contribution in [-0.4, -0.2) is 49.3 Å². The van der Waals surface area contributed by atoms with Crippen molar-refractivity contribution in [2.24, 2.45) is 4.99 Å². The molecule has 0 fully saturated rings. The Morgan fingerprint density at radius 2 is 1.70 bits per heavy atom. The van der Waals surface area contributed by atoms with Crippen LogP contribution in [0.25, 0.3) is 0 Å². The molecule has 0 spiro atoms. The van der Waals surface area contributed by atoms with Gasteiger partial charge in [0.15, 0.2) is 18.1 Å². The highest BCUT2D eigenvalue weighted by molar-refractivity contribution is 5.99. The monoisotopic (exact) mass is 544 g/mol. The lowest BCUT2D eigenvalue weighted by Gasteiger charge is -2.46. The Hall–Kier alpha value is -4.63. The van der Waals surface area contributed by atoms with Crippen LogP contribution in [0.2, 0.25) is 0 Å². The van der Waals surface area contributed by atoms with Gasteiger partial charge >= 0.3 is 6.03 Å². The average Bonchev–Trinajstić information content (AvgIpc) is 2.96. The van der Waals surface area contributed by atoms with E-state index in [4.69, 9.17) is 14.2 Å². The summed E-state index contributed by atoms with van der Waals surface area (Å²) in [4.78, 5) is 17.1. The number of aliphatic imine (C=N–C) groups is 1. The van der Waals surface area contributed by atoms with Gasteiger partial charge in [0, 0.05) is 31.2 Å². The number of rotatable bonds is 8. The number of carbonyl (C=O) groups excluding carboxylic acids is 1. The lowest BCUT2D eigenvalue weighted by atomic mass is 9.84. The van der Waals surface area contributed by atoms with Crippen LogP contribution in [0.15, 0.2) is 83.9 Å². The second-order valence-electron chi connectivity index (χ2n) is 9.24. The Morgan fingerprint density at radius 1 is 1.05 bits per heavy atom. The van der Waals surface area contributed by atoms with E-state index in [1.807, 2.05) is 54.7 Å². The molecule has 1 aliphatic rings. The number of para-hydroxylation sites is 1. The van der Waals surface area contributed by atoms with E-state index in [1.165, 1.54) is 14.2 Å². The zero-order valence-electron chi connectivity index (χ0n) is 22.4. The van der Waals surface area contributed by atoms with Gasteiger partial charge in [0.25, 0.3) is 0 Å². The third kappa shape index (κ3) is 6.50. The molecule has 11 heteroatoms. The number of nitrogens with zero attached hydrogens (tertiary/aromatic N) is 2. The van der Waals surface area contributed by atoms with Crippen LogP contribution >= 0.6 is 0 Å². The number of nitrogens with one attached hydrogen (secondary N) is 4. The number of urea groups is 1. The molecular formula is C29H32N6O5. The van der Waals surface area contributed by atoms with Crippen molar-refractivity contribution in [1.82, 2.24) is 10.6 Å². The van der Waals surface area contributed by atoms with E-state index in [0.717, 1.165) is 5.56 Å². The summed E-state index contributed by atoms with van der Waals surface area (Å²) in [5.74, 6) is 0.579. The van der Waals surface area contributed by atoms with Crippen LogP contribution in [0.1, 0.15) is 24.1 Å². The number of hydrogen-bond donors (Lipinski definition) is 5. The molecule has 3 aromatic rings. The summed E-state index contributed by atoms with van der Waals surface area (Å²) in [6.45, 7) is 1.96. The minimum Gasteiger partial charge on any atom is -0.479 e. The Morgan fingerprint density at radius 3 is 2.35 bits per heavy atom. The van der Waals surface area contributed by atoms with Crippen LogP contribution in [0, 0.1) is 11.5 Å². The number of anilines is 2. The summed E-state index contributed by atoms with van der Waals surface area (Å²) >= 11 is 0. The van der Waals surface area contributed by atoms with E-state index in [2.05, 4.69) is 26.3 Å². The van der Waals surface area contributed by atoms with Crippen molar-refractivity contribution < 1.29 is 24.1 Å². The molecule has 3 aromatic carbocycles. The van der Waals surface area contributed by atoms with Crippen molar-refractivity contribution in [3.05, 3.63) is 90.0 Å². The lowest BCUT2D eigenvalue weighted by Crippen LogP contribution is -2.62. The molecular weight excluding hydrogens is 512 g/mol. The SMILES string of the molecule is COC(OC)[C@@]1(C)Oc2ccc(NC(=O)Nc3ccccc3)cc2[C@@H](NC(=NCc2ccccc2)NC#N)[C@@H]1O. The van der Waals surface area contributed by atoms with Gasteiger partial charge in [0.1, 0.15) is 11.9 Å². The van der Waals surface area contributed by atoms with Gasteiger partial charge in [-0.15, -0.1) is 0 Å². The van der Waals surface area contributed by atoms with E-state index in [9.17, 15) is 15.2 Å². The fourth-order valence-corrected chi connectivity index (χ4v) is 4.56. The van der Waals surface area contributed by atoms with Crippen molar-refractivity contribution in [2.75, 3.05) is 24.9 Å². The van der Waals surface area contributed by atoms with Crippen LogP contribution in [0.5, 0.6) is 5.75 Å². The molecule has 0 bridgehead atoms. The molecule has 0 aromatic heterocycles. The second kappa shape index (κ2) is 12.9. The summed E-state index contributed by atoms with van der Waals surface area (Å²) < 4.78 is 17.2. The quantitative estimate of drug-likeness (QED) is 0.0947. The first-order chi connectivity index (χ1) is 19.4. The largest absolute Gasteiger partial charge is 0.479 e. The number of benzene rings is 3. The number of methoxy groups -OCH3 is 2. The van der Waals surface area contributed by atoms with Gasteiger partial charge in [-0.2, -0.15) is 5.26 Å². The van der Waals surface area contributed by atoms with Gasteiger partial charge in [-0.3, -0.25) is 5.32 Å². The van der Waals surface area contributed by atoms with E-state index >= 15 is 0 Å². The molecule has 3 atom stereocenters. The zero-order valence-corrected chi connectivity index (χ0v) is 22.4. The maximum absolute atomic E-state index is 12.6. The maximum Gasteiger partial charge on any atom is 0.323 e. The number of ether oxygens (including phenoxy) is 3. The predicted octanol–water partition coefficient (Wildman–Crippen LogP) is 3.72. The maximum atomic E-state index is 12.6. The average molecular weight is 545 g/mol.